The van der Waals surface area contributed by atoms with Crippen molar-refractivity contribution < 1.29 is 9.53 Å². The Hall–Kier alpha value is -1.52. The van der Waals surface area contributed by atoms with Crippen LogP contribution in [0.15, 0.2) is 46.9 Å². The lowest BCUT2D eigenvalue weighted by atomic mass is 10.0. The van der Waals surface area contributed by atoms with Gasteiger partial charge in [0.2, 0.25) is 0 Å². The van der Waals surface area contributed by atoms with Crippen molar-refractivity contribution in [2.24, 2.45) is 0 Å². The van der Waals surface area contributed by atoms with Gasteiger partial charge in [0.1, 0.15) is 6.61 Å². The number of anilines is 1. The molecule has 0 fully saturated rings. The van der Waals surface area contributed by atoms with E-state index in [4.69, 9.17) is 16.3 Å². The van der Waals surface area contributed by atoms with Crippen LogP contribution in [-0.4, -0.2) is 12.6 Å². The molecule has 114 valence electrons. The van der Waals surface area contributed by atoms with E-state index in [2.05, 4.69) is 15.9 Å². The molecule has 0 atom stereocenters. The van der Waals surface area contributed by atoms with E-state index < -0.39 is 0 Å². The minimum Gasteiger partial charge on any atom is -0.444 e. The van der Waals surface area contributed by atoms with Crippen LogP contribution < -0.4 is 4.90 Å². The van der Waals surface area contributed by atoms with Crippen molar-refractivity contribution in [2.75, 3.05) is 11.4 Å². The molecule has 0 bridgehead atoms. The normalized spacial score (nSPS) is 13.6. The van der Waals surface area contributed by atoms with Crippen LogP contribution in [-0.2, 0) is 17.8 Å². The maximum absolute atomic E-state index is 12.4. The van der Waals surface area contributed by atoms with Gasteiger partial charge in [0, 0.05) is 16.0 Å². The van der Waals surface area contributed by atoms with E-state index in [0.29, 0.717) is 11.6 Å². The molecule has 5 heteroatoms. The third-order valence-electron chi connectivity index (χ3n) is 3.63. The lowest BCUT2D eigenvalue weighted by Crippen LogP contribution is -2.36. The molecule has 1 amide bonds. The van der Waals surface area contributed by atoms with E-state index in [0.717, 1.165) is 34.1 Å². The Morgan fingerprint density at radius 3 is 2.82 bits per heavy atom. The first-order valence-corrected chi connectivity index (χ1v) is 8.28. The molecule has 0 unspecified atom stereocenters. The smallest absolute Gasteiger partial charge is 0.414 e. The van der Waals surface area contributed by atoms with Gasteiger partial charge in [-0.1, -0.05) is 41.9 Å². The Bertz CT molecular complexity index is 691. The minimum atomic E-state index is -0.326. The summed E-state index contributed by atoms with van der Waals surface area (Å²) in [5, 5.41) is 0.671. The molecule has 0 saturated heterocycles. The van der Waals surface area contributed by atoms with Gasteiger partial charge >= 0.3 is 6.09 Å². The molecule has 2 aromatic rings. The quantitative estimate of drug-likeness (QED) is 0.717. The molecule has 0 N–H and O–H groups in total. The molecule has 3 nitrogen and oxygen atoms in total. The second kappa shape index (κ2) is 6.71. The van der Waals surface area contributed by atoms with E-state index in [1.165, 1.54) is 0 Å². The van der Waals surface area contributed by atoms with Crippen LogP contribution in [0.1, 0.15) is 17.5 Å². The molecule has 0 aromatic heterocycles. The zero-order chi connectivity index (χ0) is 15.5. The van der Waals surface area contributed by atoms with Gasteiger partial charge in [-0.3, -0.25) is 4.90 Å². The van der Waals surface area contributed by atoms with Gasteiger partial charge in [-0.25, -0.2) is 4.79 Å². The first-order valence-electron chi connectivity index (χ1n) is 7.11. The third kappa shape index (κ3) is 3.28. The summed E-state index contributed by atoms with van der Waals surface area (Å²) in [6.45, 7) is 0.928. The van der Waals surface area contributed by atoms with Gasteiger partial charge < -0.3 is 4.74 Å². The largest absolute Gasteiger partial charge is 0.444 e. The van der Waals surface area contributed by atoms with Gasteiger partial charge in [0.25, 0.3) is 0 Å². The van der Waals surface area contributed by atoms with Gasteiger partial charge in [-0.2, -0.15) is 0 Å². The van der Waals surface area contributed by atoms with Gasteiger partial charge in [-0.15, -0.1) is 0 Å². The lowest BCUT2D eigenvalue weighted by molar-refractivity contribution is 0.146. The van der Waals surface area contributed by atoms with Crippen LogP contribution >= 0.6 is 27.5 Å². The molecule has 1 aliphatic heterocycles. The molecular weight excluding hydrogens is 366 g/mol. The summed E-state index contributed by atoms with van der Waals surface area (Å²) >= 11 is 9.59. The summed E-state index contributed by atoms with van der Waals surface area (Å²) < 4.78 is 6.27. The standard InChI is InChI=1S/C17H15BrClNO2/c18-15-10-14(19)9-13-7-4-8-20(16(13)15)17(21)22-11-12-5-2-1-3-6-12/h1-3,5-6,9-10H,4,7-8,11H2. The number of carbonyl (C=O) groups is 1. The summed E-state index contributed by atoms with van der Waals surface area (Å²) in [5.74, 6) is 0. The Morgan fingerprint density at radius 1 is 1.27 bits per heavy atom. The maximum atomic E-state index is 12.4. The van der Waals surface area contributed by atoms with Crippen LogP contribution in [0.5, 0.6) is 0 Å². The number of aryl methyl sites for hydroxylation is 1. The number of rotatable bonds is 2. The lowest BCUT2D eigenvalue weighted by Gasteiger charge is -2.30. The highest BCUT2D eigenvalue weighted by molar-refractivity contribution is 9.10. The summed E-state index contributed by atoms with van der Waals surface area (Å²) in [7, 11) is 0. The van der Waals surface area contributed by atoms with Gasteiger partial charge in [0.15, 0.2) is 0 Å². The molecule has 22 heavy (non-hydrogen) atoms. The fourth-order valence-corrected chi connectivity index (χ4v) is 3.72. The second-order valence-corrected chi connectivity index (χ2v) is 6.48. The number of fused-ring (bicyclic) bond motifs is 1. The average Bonchev–Trinajstić information content (AvgIpc) is 2.52. The van der Waals surface area contributed by atoms with Crippen LogP contribution in [0.2, 0.25) is 5.02 Å². The Morgan fingerprint density at radius 2 is 2.05 bits per heavy atom. The molecule has 0 spiro atoms. The number of ether oxygens (including phenoxy) is 1. The monoisotopic (exact) mass is 379 g/mol. The first kappa shape index (κ1) is 15.4. The Kier molecular flexibility index (Phi) is 4.69. The maximum Gasteiger partial charge on any atom is 0.414 e. The molecule has 2 aromatic carbocycles. The molecule has 0 radical (unpaired) electrons. The SMILES string of the molecule is O=C(OCc1ccccc1)N1CCCc2cc(Cl)cc(Br)c21. The zero-order valence-electron chi connectivity index (χ0n) is 11.9. The van der Waals surface area contributed by atoms with Crippen LogP contribution in [0, 0.1) is 0 Å². The predicted molar refractivity (Wildman–Crippen MR) is 91.4 cm³/mol. The fraction of sp³-hybridized carbons (Fsp3) is 0.235. The molecule has 1 aliphatic rings. The van der Waals surface area contributed by atoms with Crippen molar-refractivity contribution in [3.63, 3.8) is 0 Å². The Balaban J connectivity index is 1.77. The molecule has 3 rings (SSSR count). The highest BCUT2D eigenvalue weighted by Gasteiger charge is 2.26. The number of amides is 1. The number of carbonyl (C=O) groups excluding carboxylic acids is 1. The van der Waals surface area contributed by atoms with E-state index in [1.807, 2.05) is 42.5 Å². The van der Waals surface area contributed by atoms with Crippen LogP contribution in [0.4, 0.5) is 10.5 Å². The van der Waals surface area contributed by atoms with Gasteiger partial charge in [0.05, 0.1) is 5.69 Å². The summed E-state index contributed by atoms with van der Waals surface area (Å²) in [5.41, 5.74) is 2.92. The number of halogens is 2. The minimum absolute atomic E-state index is 0.275. The van der Waals surface area contributed by atoms with E-state index >= 15 is 0 Å². The predicted octanol–water partition coefficient (Wildman–Crippen LogP) is 5.19. The summed E-state index contributed by atoms with van der Waals surface area (Å²) in [6, 6.07) is 13.4. The topological polar surface area (TPSA) is 29.5 Å². The van der Waals surface area contributed by atoms with E-state index in [9.17, 15) is 4.79 Å². The molecular formula is C17H15BrClNO2. The molecule has 1 heterocycles. The highest BCUT2D eigenvalue weighted by Crippen LogP contribution is 2.37. The number of hydrogen-bond donors (Lipinski definition) is 0. The van der Waals surface area contributed by atoms with Gasteiger partial charge in [-0.05, 0) is 52.0 Å². The van der Waals surface area contributed by atoms with Crippen molar-refractivity contribution in [3.05, 3.63) is 63.1 Å². The van der Waals surface area contributed by atoms with Crippen molar-refractivity contribution in [2.45, 2.75) is 19.4 Å². The number of benzene rings is 2. The Labute approximate surface area is 143 Å². The zero-order valence-corrected chi connectivity index (χ0v) is 14.2. The first-order chi connectivity index (χ1) is 10.6. The van der Waals surface area contributed by atoms with E-state index in [-0.39, 0.29) is 12.7 Å². The number of nitrogens with zero attached hydrogens (tertiary/aromatic N) is 1. The van der Waals surface area contributed by atoms with Crippen molar-refractivity contribution >= 4 is 39.3 Å². The van der Waals surface area contributed by atoms with Crippen molar-refractivity contribution in [3.8, 4) is 0 Å². The van der Waals surface area contributed by atoms with Crippen LogP contribution in [0.25, 0.3) is 0 Å². The fourth-order valence-electron chi connectivity index (χ4n) is 2.63. The third-order valence-corrected chi connectivity index (χ3v) is 4.45. The van der Waals surface area contributed by atoms with Crippen LogP contribution in [0.3, 0.4) is 0 Å². The highest BCUT2D eigenvalue weighted by atomic mass is 79.9. The summed E-state index contributed by atoms with van der Waals surface area (Å²) in [4.78, 5) is 14.1. The second-order valence-electron chi connectivity index (χ2n) is 5.19. The molecule has 0 aliphatic carbocycles. The van der Waals surface area contributed by atoms with Crippen molar-refractivity contribution in [1.29, 1.82) is 0 Å². The summed E-state index contributed by atoms with van der Waals surface area (Å²) in [6.07, 6.45) is 1.49. The number of hydrogen-bond acceptors (Lipinski definition) is 2. The van der Waals surface area contributed by atoms with Crippen molar-refractivity contribution in [1.82, 2.24) is 0 Å². The average molecular weight is 381 g/mol. The molecule has 0 saturated carbocycles. The van der Waals surface area contributed by atoms with E-state index in [1.54, 1.807) is 4.90 Å².